The maximum absolute atomic E-state index is 11.6. The number of anilines is 2. The van der Waals surface area contributed by atoms with Crippen LogP contribution in [0.3, 0.4) is 0 Å². The molecule has 0 heterocycles. The number of nitrogens with one attached hydrogen (secondary N) is 1. The molecule has 0 spiro atoms. The summed E-state index contributed by atoms with van der Waals surface area (Å²) in [5.74, 6) is -3.31. The lowest BCUT2D eigenvalue weighted by Crippen LogP contribution is -2.28. The minimum atomic E-state index is -3.85. The molecule has 0 saturated carbocycles. The van der Waals surface area contributed by atoms with Gasteiger partial charge in [-0.3, -0.25) is 9.59 Å². The molecule has 0 aliphatic carbocycles. The van der Waals surface area contributed by atoms with Gasteiger partial charge in [0.2, 0.25) is 5.91 Å². The zero-order valence-electron chi connectivity index (χ0n) is 10.3. The zero-order valence-corrected chi connectivity index (χ0v) is 11.1. The third-order valence-electron chi connectivity index (χ3n) is 2.15. The Kier molecular flexibility index (Phi) is 4.87. The average Bonchev–Trinajstić information content (AvgIpc) is 2.30. The molecular weight excluding hydrogens is 272 g/mol. The van der Waals surface area contributed by atoms with Crippen molar-refractivity contribution >= 4 is 33.1 Å². The molecule has 0 fully saturated rings. The summed E-state index contributed by atoms with van der Waals surface area (Å²) in [5.41, 5.74) is 6.24. The van der Waals surface area contributed by atoms with Crippen molar-refractivity contribution in [2.75, 3.05) is 29.7 Å². The molecule has 0 bridgehead atoms. The summed E-state index contributed by atoms with van der Waals surface area (Å²) in [4.78, 5) is 22.4. The Labute approximate surface area is 110 Å². The fraction of sp³-hybridized carbons (Fsp3) is 0.273. The molecule has 8 heteroatoms. The number of rotatable bonds is 5. The summed E-state index contributed by atoms with van der Waals surface area (Å²) in [6.07, 6.45) is 0. The van der Waals surface area contributed by atoms with Crippen LogP contribution < -0.4 is 11.1 Å². The molecule has 19 heavy (non-hydrogen) atoms. The molecule has 1 aromatic carbocycles. The molecule has 0 unspecified atom stereocenters. The maximum atomic E-state index is 11.6. The Bertz CT molecular complexity index is 583. The average molecular weight is 286 g/mol. The van der Waals surface area contributed by atoms with Gasteiger partial charge in [-0.05, 0) is 12.1 Å². The molecule has 0 aromatic heterocycles. The minimum Gasteiger partial charge on any atom is -0.468 e. The zero-order chi connectivity index (χ0) is 14.5. The van der Waals surface area contributed by atoms with Crippen LogP contribution >= 0.6 is 0 Å². The van der Waals surface area contributed by atoms with Crippen molar-refractivity contribution in [2.45, 2.75) is 0 Å². The van der Waals surface area contributed by atoms with Gasteiger partial charge >= 0.3 is 5.97 Å². The number of amides is 1. The van der Waals surface area contributed by atoms with Crippen molar-refractivity contribution in [3.63, 3.8) is 0 Å². The predicted molar refractivity (Wildman–Crippen MR) is 70.2 cm³/mol. The van der Waals surface area contributed by atoms with Gasteiger partial charge in [-0.15, -0.1) is 0 Å². The number of esters is 1. The molecule has 0 saturated heterocycles. The Morgan fingerprint density at radius 2 is 1.89 bits per heavy atom. The SMILES string of the molecule is COC(=O)CS(=O)(=O)CC(=O)Nc1ccccc1N. The quantitative estimate of drug-likeness (QED) is 0.572. The first kappa shape index (κ1) is 15.0. The second-order valence-corrected chi connectivity index (χ2v) is 5.81. The Hall–Kier alpha value is -2.09. The summed E-state index contributed by atoms with van der Waals surface area (Å²) in [7, 11) is -2.78. The molecule has 3 N–H and O–H groups in total. The van der Waals surface area contributed by atoms with Crippen LogP contribution in [0, 0.1) is 0 Å². The Morgan fingerprint density at radius 3 is 2.47 bits per heavy atom. The fourth-order valence-corrected chi connectivity index (χ4v) is 2.34. The Morgan fingerprint density at radius 1 is 1.26 bits per heavy atom. The van der Waals surface area contributed by atoms with Crippen molar-refractivity contribution < 1.29 is 22.7 Å². The summed E-state index contributed by atoms with van der Waals surface area (Å²) in [5, 5.41) is 2.36. The van der Waals surface area contributed by atoms with E-state index < -0.39 is 33.2 Å². The number of benzene rings is 1. The first-order valence-electron chi connectivity index (χ1n) is 5.25. The second-order valence-electron chi connectivity index (χ2n) is 3.74. The van der Waals surface area contributed by atoms with Gasteiger partial charge in [0.05, 0.1) is 18.5 Å². The van der Waals surface area contributed by atoms with Gasteiger partial charge in [0.25, 0.3) is 0 Å². The fourth-order valence-electron chi connectivity index (χ4n) is 1.29. The summed E-state index contributed by atoms with van der Waals surface area (Å²) >= 11 is 0. The van der Waals surface area contributed by atoms with Gasteiger partial charge in [-0.1, -0.05) is 12.1 Å². The van der Waals surface area contributed by atoms with Crippen LogP contribution in [0.4, 0.5) is 11.4 Å². The van der Waals surface area contributed by atoms with Gasteiger partial charge in [0.15, 0.2) is 9.84 Å². The molecule has 7 nitrogen and oxygen atoms in total. The van der Waals surface area contributed by atoms with E-state index in [1.165, 1.54) is 0 Å². The number of nitrogens with two attached hydrogens (primary N) is 1. The predicted octanol–water partition coefficient (Wildman–Crippen LogP) is -0.205. The van der Waals surface area contributed by atoms with Gasteiger partial charge < -0.3 is 15.8 Å². The van der Waals surface area contributed by atoms with Crippen LogP contribution in [0.25, 0.3) is 0 Å². The highest BCUT2D eigenvalue weighted by Crippen LogP contribution is 2.16. The molecule has 0 atom stereocenters. The third kappa shape index (κ3) is 4.96. The lowest BCUT2D eigenvalue weighted by Gasteiger charge is -2.07. The van der Waals surface area contributed by atoms with Crippen molar-refractivity contribution in [3.8, 4) is 0 Å². The number of sulfone groups is 1. The maximum Gasteiger partial charge on any atom is 0.320 e. The lowest BCUT2D eigenvalue weighted by atomic mass is 10.3. The number of ether oxygens (including phenoxy) is 1. The van der Waals surface area contributed by atoms with Crippen molar-refractivity contribution in [3.05, 3.63) is 24.3 Å². The number of hydrogen-bond donors (Lipinski definition) is 2. The highest BCUT2D eigenvalue weighted by atomic mass is 32.2. The van der Waals surface area contributed by atoms with E-state index in [9.17, 15) is 18.0 Å². The lowest BCUT2D eigenvalue weighted by molar-refractivity contribution is -0.137. The van der Waals surface area contributed by atoms with E-state index in [1.54, 1.807) is 24.3 Å². The van der Waals surface area contributed by atoms with Gasteiger partial charge in [0.1, 0.15) is 11.5 Å². The first-order chi connectivity index (χ1) is 8.84. The minimum absolute atomic E-state index is 0.320. The second kappa shape index (κ2) is 6.19. The summed E-state index contributed by atoms with van der Waals surface area (Å²) in [6.45, 7) is 0. The van der Waals surface area contributed by atoms with Crippen molar-refractivity contribution in [1.29, 1.82) is 0 Å². The van der Waals surface area contributed by atoms with Crippen LogP contribution in [0.15, 0.2) is 24.3 Å². The molecule has 1 aromatic rings. The Balaban J connectivity index is 2.66. The standard InChI is InChI=1S/C11H14N2O5S/c1-18-11(15)7-19(16,17)6-10(14)13-9-5-3-2-4-8(9)12/h2-5H,6-7,12H2,1H3,(H,13,14). The first-order valence-corrected chi connectivity index (χ1v) is 7.08. The van der Waals surface area contributed by atoms with E-state index in [0.717, 1.165) is 7.11 Å². The molecular formula is C11H14N2O5S. The van der Waals surface area contributed by atoms with Crippen molar-refractivity contribution in [1.82, 2.24) is 0 Å². The van der Waals surface area contributed by atoms with E-state index in [1.807, 2.05) is 0 Å². The number of carbonyl (C=O) groups excluding carboxylic acids is 2. The highest BCUT2D eigenvalue weighted by molar-refractivity contribution is 7.92. The van der Waals surface area contributed by atoms with Gasteiger partial charge in [-0.2, -0.15) is 0 Å². The number of methoxy groups -OCH3 is 1. The van der Waals surface area contributed by atoms with Gasteiger partial charge in [-0.25, -0.2) is 8.42 Å². The van der Waals surface area contributed by atoms with E-state index >= 15 is 0 Å². The monoisotopic (exact) mass is 286 g/mol. The van der Waals surface area contributed by atoms with E-state index in [-0.39, 0.29) is 0 Å². The molecule has 1 rings (SSSR count). The highest BCUT2D eigenvalue weighted by Gasteiger charge is 2.21. The van der Waals surface area contributed by atoms with E-state index in [4.69, 9.17) is 5.73 Å². The summed E-state index contributed by atoms with van der Waals surface area (Å²) in [6, 6.07) is 6.44. The van der Waals surface area contributed by atoms with Crippen LogP contribution in [0.1, 0.15) is 0 Å². The number of para-hydroxylation sites is 2. The van der Waals surface area contributed by atoms with E-state index in [0.29, 0.717) is 11.4 Å². The normalized spacial score (nSPS) is 10.8. The number of carbonyl (C=O) groups is 2. The summed E-state index contributed by atoms with van der Waals surface area (Å²) < 4.78 is 27.2. The molecule has 1 amide bonds. The van der Waals surface area contributed by atoms with Crippen LogP contribution in [-0.4, -0.2) is 38.9 Å². The van der Waals surface area contributed by atoms with Crippen LogP contribution in [-0.2, 0) is 24.2 Å². The molecule has 0 aliphatic heterocycles. The van der Waals surface area contributed by atoms with Gasteiger partial charge in [0, 0.05) is 0 Å². The third-order valence-corrected chi connectivity index (χ3v) is 3.53. The van der Waals surface area contributed by atoms with E-state index in [2.05, 4.69) is 10.1 Å². The largest absolute Gasteiger partial charge is 0.468 e. The number of nitrogen functional groups attached to an aromatic ring is 1. The van der Waals surface area contributed by atoms with Crippen LogP contribution in [0.2, 0.25) is 0 Å². The molecule has 104 valence electrons. The smallest absolute Gasteiger partial charge is 0.320 e. The molecule has 0 radical (unpaired) electrons. The topological polar surface area (TPSA) is 116 Å². The number of hydrogen-bond acceptors (Lipinski definition) is 6. The van der Waals surface area contributed by atoms with Crippen LogP contribution in [0.5, 0.6) is 0 Å². The van der Waals surface area contributed by atoms with Crippen molar-refractivity contribution in [2.24, 2.45) is 0 Å². The molecule has 0 aliphatic rings.